The summed E-state index contributed by atoms with van der Waals surface area (Å²) < 4.78 is 0. The van der Waals surface area contributed by atoms with Gasteiger partial charge < -0.3 is 5.32 Å². The van der Waals surface area contributed by atoms with Gasteiger partial charge in [0.15, 0.2) is 0 Å². The maximum Gasteiger partial charge on any atom is 0.270 e. The lowest BCUT2D eigenvalue weighted by Crippen LogP contribution is -2.31. The maximum absolute atomic E-state index is 11.9. The molecule has 0 saturated heterocycles. The van der Waals surface area contributed by atoms with Crippen molar-refractivity contribution < 1.29 is 4.79 Å². The summed E-state index contributed by atoms with van der Waals surface area (Å²) in [5, 5.41) is 2.90. The number of aryl methyl sites for hydroxylation is 1. The van der Waals surface area contributed by atoms with Crippen LogP contribution in [0.5, 0.6) is 0 Å². The van der Waals surface area contributed by atoms with Gasteiger partial charge in [-0.25, -0.2) is 0 Å². The Morgan fingerprint density at radius 3 is 2.82 bits per heavy atom. The van der Waals surface area contributed by atoms with Crippen LogP contribution >= 0.6 is 15.9 Å². The predicted molar refractivity (Wildman–Crippen MR) is 73.5 cm³/mol. The number of amides is 1. The van der Waals surface area contributed by atoms with Crippen LogP contribution in [0.3, 0.4) is 0 Å². The summed E-state index contributed by atoms with van der Waals surface area (Å²) in [4.78, 5) is 16.3. The lowest BCUT2D eigenvalue weighted by Gasteiger charge is -2.13. The molecule has 3 nitrogen and oxygen atoms in total. The minimum atomic E-state index is -0.101. The lowest BCUT2D eigenvalue weighted by atomic mass is 10.1. The molecule has 0 bridgehead atoms. The molecule has 1 aromatic heterocycles. The van der Waals surface area contributed by atoms with Crippen LogP contribution in [0.1, 0.15) is 36.3 Å². The van der Waals surface area contributed by atoms with Crippen molar-refractivity contribution in [2.75, 3.05) is 6.54 Å². The summed E-state index contributed by atoms with van der Waals surface area (Å²) in [6.07, 6.45) is 2.68. The van der Waals surface area contributed by atoms with Crippen molar-refractivity contribution in [3.05, 3.63) is 29.6 Å². The number of nitrogens with one attached hydrogen (secondary N) is 1. The highest BCUT2D eigenvalue weighted by atomic mass is 79.9. The molecule has 1 aromatic rings. The summed E-state index contributed by atoms with van der Waals surface area (Å²) >= 11 is 3.56. The largest absolute Gasteiger partial charge is 0.350 e. The maximum atomic E-state index is 11.9. The van der Waals surface area contributed by atoms with Crippen molar-refractivity contribution in [2.45, 2.75) is 32.0 Å². The van der Waals surface area contributed by atoms with Crippen LogP contribution in [0.15, 0.2) is 18.3 Å². The Labute approximate surface area is 111 Å². The summed E-state index contributed by atoms with van der Waals surface area (Å²) in [6.45, 7) is 6.85. The summed E-state index contributed by atoms with van der Waals surface area (Å²) in [7, 11) is 0. The molecule has 1 heterocycles. The molecule has 17 heavy (non-hydrogen) atoms. The third-order valence-corrected chi connectivity index (χ3v) is 3.13. The van der Waals surface area contributed by atoms with Crippen LogP contribution in [0.2, 0.25) is 0 Å². The van der Waals surface area contributed by atoms with Crippen molar-refractivity contribution in [1.29, 1.82) is 0 Å². The Hall–Kier alpha value is -0.900. The Bertz CT molecular complexity index is 379. The first-order chi connectivity index (χ1) is 8.00. The monoisotopic (exact) mass is 298 g/mol. The Morgan fingerprint density at radius 1 is 1.53 bits per heavy atom. The SMILES string of the molecule is Cc1cccnc1C(=O)NCC(Br)CC(C)C. The molecular formula is C13H19BrN2O. The zero-order chi connectivity index (χ0) is 12.8. The third-order valence-electron chi connectivity index (χ3n) is 2.44. The average Bonchev–Trinajstić information content (AvgIpc) is 2.25. The number of aromatic nitrogens is 1. The number of carbonyl (C=O) groups is 1. The van der Waals surface area contributed by atoms with Gasteiger partial charge in [-0.2, -0.15) is 0 Å². The second-order valence-corrected chi connectivity index (χ2v) is 5.90. The van der Waals surface area contributed by atoms with E-state index in [4.69, 9.17) is 0 Å². The standard InChI is InChI=1S/C13H19BrN2O/c1-9(2)7-11(14)8-16-13(17)12-10(3)5-4-6-15-12/h4-6,9,11H,7-8H2,1-3H3,(H,16,17). The molecule has 0 aromatic carbocycles. The van der Waals surface area contributed by atoms with E-state index < -0.39 is 0 Å². The van der Waals surface area contributed by atoms with Gasteiger partial charge in [-0.15, -0.1) is 0 Å². The molecule has 0 fully saturated rings. The fourth-order valence-corrected chi connectivity index (χ4v) is 2.51. The molecule has 1 amide bonds. The van der Waals surface area contributed by atoms with Crippen LogP contribution in [0.4, 0.5) is 0 Å². The minimum Gasteiger partial charge on any atom is -0.350 e. The third kappa shape index (κ3) is 4.86. The number of pyridine rings is 1. The zero-order valence-electron chi connectivity index (χ0n) is 10.5. The second-order valence-electron chi connectivity index (χ2n) is 4.61. The predicted octanol–water partition coefficient (Wildman–Crippen LogP) is 2.93. The van der Waals surface area contributed by atoms with Crippen molar-refractivity contribution in [2.24, 2.45) is 5.92 Å². The summed E-state index contributed by atoms with van der Waals surface area (Å²) in [6, 6.07) is 3.72. The van der Waals surface area contributed by atoms with Gasteiger partial charge in [0, 0.05) is 17.6 Å². The molecule has 94 valence electrons. The van der Waals surface area contributed by atoms with Crippen molar-refractivity contribution in [1.82, 2.24) is 10.3 Å². The first kappa shape index (κ1) is 14.2. The van der Waals surface area contributed by atoms with Crippen LogP contribution in [-0.4, -0.2) is 22.3 Å². The van der Waals surface area contributed by atoms with Gasteiger partial charge in [-0.3, -0.25) is 9.78 Å². The fourth-order valence-electron chi connectivity index (χ4n) is 1.61. The van der Waals surface area contributed by atoms with Crippen LogP contribution in [-0.2, 0) is 0 Å². The van der Waals surface area contributed by atoms with Crippen molar-refractivity contribution >= 4 is 21.8 Å². The van der Waals surface area contributed by atoms with E-state index in [1.807, 2.05) is 19.1 Å². The molecule has 0 spiro atoms. The van der Waals surface area contributed by atoms with Gasteiger partial charge in [0.25, 0.3) is 5.91 Å². The number of carbonyl (C=O) groups excluding carboxylic acids is 1. The van der Waals surface area contributed by atoms with Crippen LogP contribution < -0.4 is 5.32 Å². The normalized spacial score (nSPS) is 12.5. The van der Waals surface area contributed by atoms with E-state index in [0.717, 1.165) is 12.0 Å². The number of halogens is 1. The Balaban J connectivity index is 2.48. The van der Waals surface area contributed by atoms with Gasteiger partial charge in [-0.1, -0.05) is 35.8 Å². The van der Waals surface area contributed by atoms with E-state index in [1.54, 1.807) is 6.20 Å². The first-order valence-corrected chi connectivity index (χ1v) is 6.76. The molecule has 0 saturated carbocycles. The van der Waals surface area contributed by atoms with Gasteiger partial charge in [0.1, 0.15) is 5.69 Å². The number of alkyl halides is 1. The van der Waals surface area contributed by atoms with Crippen LogP contribution in [0, 0.1) is 12.8 Å². The van der Waals surface area contributed by atoms with E-state index >= 15 is 0 Å². The molecule has 0 aliphatic carbocycles. The molecule has 1 N–H and O–H groups in total. The molecule has 4 heteroatoms. The Kier molecular flexibility index (Phi) is 5.62. The van der Waals surface area contributed by atoms with Gasteiger partial charge in [0.05, 0.1) is 0 Å². The van der Waals surface area contributed by atoms with E-state index in [1.165, 1.54) is 0 Å². The molecule has 0 aliphatic heterocycles. The highest BCUT2D eigenvalue weighted by Gasteiger charge is 2.12. The molecule has 0 aliphatic rings. The van der Waals surface area contributed by atoms with Gasteiger partial charge in [-0.05, 0) is 30.9 Å². The van der Waals surface area contributed by atoms with E-state index in [-0.39, 0.29) is 5.91 Å². The summed E-state index contributed by atoms with van der Waals surface area (Å²) in [5.74, 6) is 0.518. The molecule has 1 rings (SSSR count). The number of hydrogen-bond donors (Lipinski definition) is 1. The molecule has 1 unspecified atom stereocenters. The zero-order valence-corrected chi connectivity index (χ0v) is 12.1. The molecular weight excluding hydrogens is 280 g/mol. The average molecular weight is 299 g/mol. The molecule has 1 atom stereocenters. The van der Waals surface area contributed by atoms with E-state index in [0.29, 0.717) is 23.0 Å². The fraction of sp³-hybridized carbons (Fsp3) is 0.538. The topological polar surface area (TPSA) is 42.0 Å². The number of hydrogen-bond acceptors (Lipinski definition) is 2. The Morgan fingerprint density at radius 2 is 2.24 bits per heavy atom. The lowest BCUT2D eigenvalue weighted by molar-refractivity contribution is 0.0947. The van der Waals surface area contributed by atoms with E-state index in [2.05, 4.69) is 40.1 Å². The van der Waals surface area contributed by atoms with Crippen LogP contribution in [0.25, 0.3) is 0 Å². The van der Waals surface area contributed by atoms with Crippen molar-refractivity contribution in [3.63, 3.8) is 0 Å². The molecule has 0 radical (unpaired) electrons. The van der Waals surface area contributed by atoms with E-state index in [9.17, 15) is 4.79 Å². The minimum absolute atomic E-state index is 0.101. The first-order valence-electron chi connectivity index (χ1n) is 5.84. The smallest absolute Gasteiger partial charge is 0.270 e. The quantitative estimate of drug-likeness (QED) is 0.849. The van der Waals surface area contributed by atoms with Gasteiger partial charge in [0.2, 0.25) is 0 Å². The highest BCUT2D eigenvalue weighted by molar-refractivity contribution is 9.09. The summed E-state index contributed by atoms with van der Waals surface area (Å²) in [5.41, 5.74) is 1.41. The number of rotatable bonds is 5. The van der Waals surface area contributed by atoms with Crippen molar-refractivity contribution in [3.8, 4) is 0 Å². The van der Waals surface area contributed by atoms with Gasteiger partial charge >= 0.3 is 0 Å². The number of nitrogens with zero attached hydrogens (tertiary/aromatic N) is 1. The highest BCUT2D eigenvalue weighted by Crippen LogP contribution is 2.12. The second kappa shape index (κ2) is 6.74.